The Balaban J connectivity index is 2.13. The van der Waals surface area contributed by atoms with Crippen molar-refractivity contribution in [1.29, 1.82) is 0 Å². The van der Waals surface area contributed by atoms with Crippen LogP contribution in [0.1, 0.15) is 19.8 Å². The minimum atomic E-state index is 0.544. The smallest absolute Gasteiger partial charge is 0.180 e. The molecular formula is C9H20N4S. The number of nitrogens with two attached hydrogens (primary N) is 1. The molecule has 1 saturated heterocycles. The van der Waals surface area contributed by atoms with Gasteiger partial charge in [0.05, 0.1) is 0 Å². The molecular weight excluding hydrogens is 196 g/mol. The van der Waals surface area contributed by atoms with Crippen LogP contribution in [0.3, 0.4) is 0 Å². The van der Waals surface area contributed by atoms with Crippen molar-refractivity contribution in [3.05, 3.63) is 0 Å². The molecule has 0 saturated carbocycles. The molecule has 4 N–H and O–H groups in total. The van der Waals surface area contributed by atoms with Crippen molar-refractivity contribution in [1.82, 2.24) is 15.6 Å². The predicted octanol–water partition coefficient (Wildman–Crippen LogP) is 0.0561. The fourth-order valence-electron chi connectivity index (χ4n) is 1.79. The standard InChI is InChI=1S/C9H20N4S/c1-2-13-5-3-8(4-6-13)7-11-9(14)12-10/h8H,2-7,10H2,1H3,(H2,11,12,14). The summed E-state index contributed by atoms with van der Waals surface area (Å²) in [6.07, 6.45) is 2.52. The molecule has 5 heteroatoms. The number of hydrogen-bond donors (Lipinski definition) is 3. The summed E-state index contributed by atoms with van der Waals surface area (Å²) in [6.45, 7) is 6.76. The third kappa shape index (κ3) is 3.77. The van der Waals surface area contributed by atoms with Crippen molar-refractivity contribution < 1.29 is 0 Å². The zero-order valence-electron chi connectivity index (χ0n) is 8.75. The van der Waals surface area contributed by atoms with Crippen LogP contribution in [0.4, 0.5) is 0 Å². The molecule has 0 spiro atoms. The maximum absolute atomic E-state index is 5.17. The zero-order chi connectivity index (χ0) is 10.4. The molecule has 1 aliphatic rings. The fourth-order valence-corrected chi connectivity index (χ4v) is 1.88. The van der Waals surface area contributed by atoms with Crippen molar-refractivity contribution in [3.8, 4) is 0 Å². The maximum Gasteiger partial charge on any atom is 0.180 e. The second kappa shape index (κ2) is 6.16. The largest absolute Gasteiger partial charge is 0.361 e. The first-order valence-electron chi connectivity index (χ1n) is 5.23. The molecule has 1 rings (SSSR count). The van der Waals surface area contributed by atoms with Gasteiger partial charge in [0.1, 0.15) is 0 Å². The Morgan fingerprint density at radius 2 is 2.14 bits per heavy atom. The summed E-state index contributed by atoms with van der Waals surface area (Å²) in [5.74, 6) is 5.91. The number of rotatable bonds is 3. The van der Waals surface area contributed by atoms with Crippen LogP contribution in [-0.4, -0.2) is 36.2 Å². The van der Waals surface area contributed by atoms with Crippen LogP contribution in [0.2, 0.25) is 0 Å². The third-order valence-electron chi connectivity index (χ3n) is 2.84. The van der Waals surface area contributed by atoms with Gasteiger partial charge in [0, 0.05) is 6.54 Å². The van der Waals surface area contributed by atoms with Crippen molar-refractivity contribution in [3.63, 3.8) is 0 Å². The third-order valence-corrected chi connectivity index (χ3v) is 3.10. The second-order valence-electron chi connectivity index (χ2n) is 3.73. The number of nitrogens with zero attached hydrogens (tertiary/aromatic N) is 1. The quantitative estimate of drug-likeness (QED) is 0.354. The molecule has 4 nitrogen and oxygen atoms in total. The molecule has 0 aromatic rings. The summed E-state index contributed by atoms with van der Waals surface area (Å²) in [7, 11) is 0. The van der Waals surface area contributed by atoms with Crippen molar-refractivity contribution in [2.45, 2.75) is 19.8 Å². The molecule has 0 amide bonds. The maximum atomic E-state index is 5.17. The topological polar surface area (TPSA) is 53.3 Å². The van der Waals surface area contributed by atoms with Gasteiger partial charge in [0.15, 0.2) is 5.11 Å². The van der Waals surface area contributed by atoms with E-state index in [0.717, 1.165) is 12.5 Å². The molecule has 1 heterocycles. The SMILES string of the molecule is CCN1CCC(CNC(=S)NN)CC1. The number of nitrogens with one attached hydrogen (secondary N) is 2. The molecule has 0 atom stereocenters. The first kappa shape index (κ1) is 11.7. The first-order valence-corrected chi connectivity index (χ1v) is 5.64. The number of thiocarbonyl (C=S) groups is 1. The molecule has 0 unspecified atom stereocenters. The highest BCUT2D eigenvalue weighted by Crippen LogP contribution is 2.15. The van der Waals surface area contributed by atoms with Crippen LogP contribution in [0, 0.1) is 5.92 Å². The Labute approximate surface area is 91.2 Å². The second-order valence-corrected chi connectivity index (χ2v) is 4.14. The number of likely N-dealkylation sites (tertiary alicyclic amines) is 1. The molecule has 0 aromatic carbocycles. The van der Waals surface area contributed by atoms with Crippen LogP contribution in [-0.2, 0) is 0 Å². The van der Waals surface area contributed by atoms with Crippen molar-refractivity contribution in [2.24, 2.45) is 11.8 Å². The monoisotopic (exact) mass is 216 g/mol. The summed E-state index contributed by atoms with van der Waals surface area (Å²) < 4.78 is 0. The Morgan fingerprint density at radius 3 is 2.64 bits per heavy atom. The Bertz CT molecular complexity index is 178. The van der Waals surface area contributed by atoms with Gasteiger partial charge in [-0.05, 0) is 50.6 Å². The van der Waals surface area contributed by atoms with Gasteiger partial charge in [-0.25, -0.2) is 5.84 Å². The van der Waals surface area contributed by atoms with E-state index < -0.39 is 0 Å². The van der Waals surface area contributed by atoms with E-state index in [2.05, 4.69) is 22.6 Å². The minimum Gasteiger partial charge on any atom is -0.361 e. The van der Waals surface area contributed by atoms with Crippen LogP contribution >= 0.6 is 12.2 Å². The molecule has 0 radical (unpaired) electrons. The average molecular weight is 216 g/mol. The summed E-state index contributed by atoms with van der Waals surface area (Å²) >= 11 is 4.91. The van der Waals surface area contributed by atoms with E-state index in [9.17, 15) is 0 Å². The Morgan fingerprint density at radius 1 is 1.50 bits per heavy atom. The molecule has 82 valence electrons. The number of hydrogen-bond acceptors (Lipinski definition) is 3. The molecule has 1 fully saturated rings. The summed E-state index contributed by atoms with van der Waals surface area (Å²) in [6, 6.07) is 0. The number of piperidine rings is 1. The van der Waals surface area contributed by atoms with Gasteiger partial charge in [0.25, 0.3) is 0 Å². The van der Waals surface area contributed by atoms with E-state index in [1.807, 2.05) is 0 Å². The van der Waals surface area contributed by atoms with Gasteiger partial charge < -0.3 is 15.6 Å². The van der Waals surface area contributed by atoms with Crippen molar-refractivity contribution >= 4 is 17.3 Å². The van der Waals surface area contributed by atoms with Crippen molar-refractivity contribution in [2.75, 3.05) is 26.2 Å². The van der Waals surface area contributed by atoms with Gasteiger partial charge in [-0.1, -0.05) is 6.92 Å². The molecule has 0 aromatic heterocycles. The van der Waals surface area contributed by atoms with Crippen LogP contribution < -0.4 is 16.6 Å². The lowest BCUT2D eigenvalue weighted by molar-refractivity contribution is 0.193. The summed E-state index contributed by atoms with van der Waals surface area (Å²) in [5.41, 5.74) is 2.43. The van der Waals surface area contributed by atoms with E-state index >= 15 is 0 Å². The highest BCUT2D eigenvalue weighted by Gasteiger charge is 2.17. The van der Waals surface area contributed by atoms with Crippen LogP contribution in [0.15, 0.2) is 0 Å². The van der Waals surface area contributed by atoms with Gasteiger partial charge in [-0.2, -0.15) is 0 Å². The summed E-state index contributed by atoms with van der Waals surface area (Å²) in [5, 5.41) is 3.66. The van der Waals surface area contributed by atoms with Gasteiger partial charge in [-0.15, -0.1) is 0 Å². The normalized spacial score (nSPS) is 19.3. The highest BCUT2D eigenvalue weighted by atomic mass is 32.1. The molecule has 1 aliphatic heterocycles. The van der Waals surface area contributed by atoms with Gasteiger partial charge >= 0.3 is 0 Å². The van der Waals surface area contributed by atoms with E-state index in [1.165, 1.54) is 32.5 Å². The van der Waals surface area contributed by atoms with Gasteiger partial charge in [0.2, 0.25) is 0 Å². The lowest BCUT2D eigenvalue weighted by Crippen LogP contribution is -2.43. The minimum absolute atomic E-state index is 0.544. The first-order chi connectivity index (χ1) is 6.76. The number of hydrazine groups is 1. The molecule has 14 heavy (non-hydrogen) atoms. The molecule has 0 aliphatic carbocycles. The Hall–Kier alpha value is -0.390. The predicted molar refractivity (Wildman–Crippen MR) is 62.8 cm³/mol. The lowest BCUT2D eigenvalue weighted by atomic mass is 9.97. The Kier molecular flexibility index (Phi) is 5.14. The van der Waals surface area contributed by atoms with Crippen LogP contribution in [0.25, 0.3) is 0 Å². The van der Waals surface area contributed by atoms with E-state index in [0.29, 0.717) is 5.11 Å². The molecule has 0 bridgehead atoms. The average Bonchev–Trinajstić information content (AvgIpc) is 2.26. The highest BCUT2D eigenvalue weighted by molar-refractivity contribution is 7.80. The van der Waals surface area contributed by atoms with E-state index in [1.54, 1.807) is 0 Å². The lowest BCUT2D eigenvalue weighted by Gasteiger charge is -2.31. The van der Waals surface area contributed by atoms with E-state index in [4.69, 9.17) is 18.1 Å². The zero-order valence-corrected chi connectivity index (χ0v) is 9.57. The fraction of sp³-hybridized carbons (Fsp3) is 0.889. The van der Waals surface area contributed by atoms with E-state index in [-0.39, 0.29) is 0 Å². The summed E-state index contributed by atoms with van der Waals surface area (Å²) in [4.78, 5) is 2.48. The van der Waals surface area contributed by atoms with Crippen LogP contribution in [0.5, 0.6) is 0 Å². The van der Waals surface area contributed by atoms with Gasteiger partial charge in [-0.3, -0.25) is 0 Å².